The summed E-state index contributed by atoms with van der Waals surface area (Å²) < 4.78 is 10.5. The van der Waals surface area contributed by atoms with Crippen LogP contribution in [0.15, 0.2) is 12.3 Å². The van der Waals surface area contributed by atoms with Gasteiger partial charge in [0.25, 0.3) is 0 Å². The molecule has 2 atom stereocenters. The summed E-state index contributed by atoms with van der Waals surface area (Å²) in [6.07, 6.45) is 1.44. The number of pyridine rings is 1. The number of esters is 1. The Morgan fingerprint density at radius 3 is 2.84 bits per heavy atom. The lowest BCUT2D eigenvalue weighted by Gasteiger charge is -2.18. The number of rotatable bonds is 3. The fourth-order valence-corrected chi connectivity index (χ4v) is 2.27. The number of likely N-dealkylation sites (tertiary alicyclic amines) is 1. The van der Waals surface area contributed by atoms with E-state index in [9.17, 15) is 4.79 Å². The number of carbonyl (C=O) groups excluding carboxylic acids is 1. The molecule has 1 aliphatic rings. The molecular weight excluding hydrogens is 246 g/mol. The van der Waals surface area contributed by atoms with Crippen LogP contribution in [0.2, 0.25) is 0 Å². The Labute approximate surface area is 112 Å². The molecule has 2 heterocycles. The standard InChI is InChI=1S/C13H19N3O3/c1-8-6-16(2)7-11(8)19-10-4-9(13(17)18-3)5-15-12(10)14/h4-5,8,11H,6-7H2,1-3H3,(H2,14,15)/t8-,11-/m0/s1. The Bertz CT molecular complexity index is 478. The summed E-state index contributed by atoms with van der Waals surface area (Å²) in [5.41, 5.74) is 6.13. The van der Waals surface area contributed by atoms with Crippen LogP contribution in [-0.2, 0) is 4.74 Å². The predicted octanol–water partition coefficient (Wildman–Crippen LogP) is 0.779. The van der Waals surface area contributed by atoms with E-state index in [0.717, 1.165) is 13.1 Å². The minimum absolute atomic E-state index is 0.0574. The molecule has 2 rings (SSSR count). The van der Waals surface area contributed by atoms with Crippen LogP contribution < -0.4 is 10.5 Å². The Balaban J connectivity index is 2.17. The van der Waals surface area contributed by atoms with Gasteiger partial charge in [-0.2, -0.15) is 0 Å². The van der Waals surface area contributed by atoms with E-state index in [1.165, 1.54) is 13.3 Å². The number of methoxy groups -OCH3 is 1. The summed E-state index contributed by atoms with van der Waals surface area (Å²) in [6.45, 7) is 3.94. The fraction of sp³-hybridized carbons (Fsp3) is 0.538. The third-order valence-electron chi connectivity index (χ3n) is 3.31. The van der Waals surface area contributed by atoms with Gasteiger partial charge in [-0.25, -0.2) is 9.78 Å². The lowest BCUT2D eigenvalue weighted by molar-refractivity contribution is 0.0599. The maximum absolute atomic E-state index is 11.5. The van der Waals surface area contributed by atoms with E-state index >= 15 is 0 Å². The zero-order valence-electron chi connectivity index (χ0n) is 11.4. The number of hydrogen-bond acceptors (Lipinski definition) is 6. The normalized spacial score (nSPS) is 23.3. The van der Waals surface area contributed by atoms with Gasteiger partial charge in [0, 0.05) is 31.3 Å². The van der Waals surface area contributed by atoms with Crippen molar-refractivity contribution in [2.45, 2.75) is 13.0 Å². The summed E-state index contributed by atoms with van der Waals surface area (Å²) in [5, 5.41) is 0. The molecule has 2 N–H and O–H groups in total. The Morgan fingerprint density at radius 1 is 1.53 bits per heavy atom. The topological polar surface area (TPSA) is 77.7 Å². The van der Waals surface area contributed by atoms with E-state index < -0.39 is 5.97 Å². The van der Waals surface area contributed by atoms with Crippen LogP contribution in [0.4, 0.5) is 5.82 Å². The lowest BCUT2D eigenvalue weighted by atomic mass is 10.1. The van der Waals surface area contributed by atoms with E-state index in [2.05, 4.69) is 21.5 Å². The average Bonchev–Trinajstić information content (AvgIpc) is 2.69. The van der Waals surface area contributed by atoms with E-state index in [-0.39, 0.29) is 11.9 Å². The van der Waals surface area contributed by atoms with Gasteiger partial charge in [-0.05, 0) is 7.05 Å². The maximum atomic E-state index is 11.5. The maximum Gasteiger partial charge on any atom is 0.339 e. The molecule has 0 aliphatic carbocycles. The van der Waals surface area contributed by atoms with E-state index in [4.69, 9.17) is 10.5 Å². The predicted molar refractivity (Wildman–Crippen MR) is 71.1 cm³/mol. The van der Waals surface area contributed by atoms with Crippen LogP contribution in [0.1, 0.15) is 17.3 Å². The minimum atomic E-state index is -0.450. The third-order valence-corrected chi connectivity index (χ3v) is 3.31. The first-order valence-electron chi connectivity index (χ1n) is 6.20. The van der Waals surface area contributed by atoms with Crippen LogP contribution in [-0.4, -0.2) is 49.2 Å². The number of aromatic nitrogens is 1. The quantitative estimate of drug-likeness (QED) is 0.814. The second-order valence-electron chi connectivity index (χ2n) is 4.95. The molecule has 6 heteroatoms. The fourth-order valence-electron chi connectivity index (χ4n) is 2.27. The second-order valence-corrected chi connectivity index (χ2v) is 4.95. The molecular formula is C13H19N3O3. The second kappa shape index (κ2) is 5.44. The van der Waals surface area contributed by atoms with E-state index in [1.807, 2.05) is 7.05 Å². The van der Waals surface area contributed by atoms with Crippen molar-refractivity contribution in [3.63, 3.8) is 0 Å². The van der Waals surface area contributed by atoms with Gasteiger partial charge in [0.15, 0.2) is 11.6 Å². The Morgan fingerprint density at radius 2 is 2.26 bits per heavy atom. The summed E-state index contributed by atoms with van der Waals surface area (Å²) >= 11 is 0. The van der Waals surface area contributed by atoms with Crippen molar-refractivity contribution in [2.75, 3.05) is 33.0 Å². The van der Waals surface area contributed by atoms with Crippen molar-refractivity contribution in [1.29, 1.82) is 0 Å². The van der Waals surface area contributed by atoms with E-state index in [0.29, 0.717) is 17.2 Å². The van der Waals surface area contributed by atoms with Gasteiger partial charge in [-0.3, -0.25) is 0 Å². The van der Waals surface area contributed by atoms with Crippen LogP contribution in [0.3, 0.4) is 0 Å². The molecule has 0 aromatic carbocycles. The average molecular weight is 265 g/mol. The van der Waals surface area contributed by atoms with Crippen LogP contribution in [0.5, 0.6) is 5.75 Å². The van der Waals surface area contributed by atoms with Crippen molar-refractivity contribution < 1.29 is 14.3 Å². The molecule has 104 valence electrons. The van der Waals surface area contributed by atoms with Gasteiger partial charge in [-0.1, -0.05) is 6.92 Å². The number of likely N-dealkylation sites (N-methyl/N-ethyl adjacent to an activating group) is 1. The summed E-state index contributed by atoms with van der Waals surface area (Å²) in [6, 6.07) is 1.58. The molecule has 0 amide bonds. The molecule has 0 bridgehead atoms. The molecule has 0 radical (unpaired) electrons. The number of hydrogen-bond donors (Lipinski definition) is 1. The molecule has 1 fully saturated rings. The van der Waals surface area contributed by atoms with Crippen molar-refractivity contribution in [3.05, 3.63) is 17.8 Å². The molecule has 0 saturated carbocycles. The zero-order chi connectivity index (χ0) is 14.0. The molecule has 1 saturated heterocycles. The van der Waals surface area contributed by atoms with Crippen LogP contribution in [0, 0.1) is 5.92 Å². The monoisotopic (exact) mass is 265 g/mol. The largest absolute Gasteiger partial charge is 0.485 e. The molecule has 1 aromatic rings. The summed E-state index contributed by atoms with van der Waals surface area (Å²) in [7, 11) is 3.37. The lowest BCUT2D eigenvalue weighted by Crippen LogP contribution is -2.25. The number of carbonyl (C=O) groups is 1. The van der Waals surface area contributed by atoms with Gasteiger partial charge in [0.2, 0.25) is 0 Å². The van der Waals surface area contributed by atoms with Gasteiger partial charge < -0.3 is 20.1 Å². The molecule has 1 aromatic heterocycles. The first kappa shape index (κ1) is 13.6. The Kier molecular flexibility index (Phi) is 3.90. The minimum Gasteiger partial charge on any atom is -0.485 e. The number of nitrogen functional groups attached to an aromatic ring is 1. The smallest absolute Gasteiger partial charge is 0.339 e. The summed E-state index contributed by atoms with van der Waals surface area (Å²) in [5.74, 6) is 0.685. The van der Waals surface area contributed by atoms with Crippen LogP contribution in [0.25, 0.3) is 0 Å². The van der Waals surface area contributed by atoms with Gasteiger partial charge in [0.05, 0.1) is 12.7 Å². The zero-order valence-corrected chi connectivity index (χ0v) is 11.4. The van der Waals surface area contributed by atoms with Gasteiger partial charge >= 0.3 is 5.97 Å². The van der Waals surface area contributed by atoms with Crippen molar-refractivity contribution in [1.82, 2.24) is 9.88 Å². The molecule has 0 spiro atoms. The van der Waals surface area contributed by atoms with Crippen molar-refractivity contribution in [2.24, 2.45) is 5.92 Å². The van der Waals surface area contributed by atoms with Gasteiger partial charge in [-0.15, -0.1) is 0 Å². The molecule has 0 unspecified atom stereocenters. The first-order valence-corrected chi connectivity index (χ1v) is 6.20. The molecule has 1 aliphatic heterocycles. The summed E-state index contributed by atoms with van der Waals surface area (Å²) in [4.78, 5) is 17.6. The highest BCUT2D eigenvalue weighted by Crippen LogP contribution is 2.26. The van der Waals surface area contributed by atoms with Gasteiger partial charge in [0.1, 0.15) is 6.10 Å². The Hall–Kier alpha value is -1.82. The first-order chi connectivity index (χ1) is 9.01. The van der Waals surface area contributed by atoms with Crippen LogP contribution >= 0.6 is 0 Å². The number of nitrogens with two attached hydrogens (primary N) is 1. The van der Waals surface area contributed by atoms with Crippen molar-refractivity contribution in [3.8, 4) is 5.75 Å². The third kappa shape index (κ3) is 2.96. The van der Waals surface area contributed by atoms with E-state index in [1.54, 1.807) is 6.07 Å². The highest BCUT2D eigenvalue weighted by Gasteiger charge is 2.29. The highest BCUT2D eigenvalue weighted by atomic mass is 16.5. The highest BCUT2D eigenvalue weighted by molar-refractivity contribution is 5.89. The SMILES string of the molecule is COC(=O)c1cnc(N)c(O[C@H]2CN(C)C[C@@H]2C)c1. The number of nitrogens with zero attached hydrogens (tertiary/aromatic N) is 2. The number of anilines is 1. The number of ether oxygens (including phenoxy) is 2. The molecule has 6 nitrogen and oxygen atoms in total. The molecule has 19 heavy (non-hydrogen) atoms. The van der Waals surface area contributed by atoms with Crippen molar-refractivity contribution >= 4 is 11.8 Å².